The van der Waals surface area contributed by atoms with Crippen molar-refractivity contribution in [3.8, 4) is 0 Å². The zero-order chi connectivity index (χ0) is 28.2. The van der Waals surface area contributed by atoms with Crippen LogP contribution in [-0.4, -0.2) is 61.4 Å². The van der Waals surface area contributed by atoms with E-state index in [0.717, 1.165) is 17.1 Å². The molecule has 11 heteroatoms. The summed E-state index contributed by atoms with van der Waals surface area (Å²) in [5, 5.41) is 20.1. The lowest BCUT2D eigenvalue weighted by Crippen LogP contribution is -2.41. The molecule has 0 unspecified atom stereocenters. The van der Waals surface area contributed by atoms with Crippen molar-refractivity contribution in [3.63, 3.8) is 0 Å². The van der Waals surface area contributed by atoms with Gasteiger partial charge in [-0.15, -0.1) is 0 Å². The van der Waals surface area contributed by atoms with Gasteiger partial charge in [-0.1, -0.05) is 30.3 Å². The van der Waals surface area contributed by atoms with Crippen LogP contribution in [0.2, 0.25) is 0 Å². The van der Waals surface area contributed by atoms with Gasteiger partial charge in [0.05, 0.1) is 17.1 Å². The second-order valence-corrected chi connectivity index (χ2v) is 9.87. The van der Waals surface area contributed by atoms with E-state index < -0.39 is 0 Å². The Bertz CT molecular complexity index is 697. The lowest BCUT2D eigenvalue weighted by atomic mass is 10.1. The summed E-state index contributed by atoms with van der Waals surface area (Å²) in [6.07, 6.45) is 0. The van der Waals surface area contributed by atoms with Gasteiger partial charge >= 0.3 is 12.0 Å². The molecule has 0 bridgehead atoms. The number of aliphatic imine (C=N–C) groups is 2. The summed E-state index contributed by atoms with van der Waals surface area (Å²) >= 11 is 0. The van der Waals surface area contributed by atoms with Crippen molar-refractivity contribution >= 4 is 29.2 Å². The van der Waals surface area contributed by atoms with Crippen LogP contribution in [0, 0.1) is 0 Å². The van der Waals surface area contributed by atoms with E-state index in [9.17, 15) is 0 Å². The Morgan fingerprint density at radius 1 is 0.595 bits per heavy atom. The highest BCUT2D eigenvalue weighted by molar-refractivity contribution is 5.81. The van der Waals surface area contributed by atoms with E-state index in [1.54, 1.807) is 21.1 Å². The summed E-state index contributed by atoms with van der Waals surface area (Å²) in [6.45, 7) is 26.9. The fraction of sp³-hybridized carbons (Fsp3) is 0.731. The SMILES string of the molecule is C.C.C=C(NC)ON=C(C)C.CN=C(NC(C)(C)C)ON=C(C)C.CN=C(NC(C)(C)C)ON=C(C)C. The lowest BCUT2D eigenvalue weighted by Gasteiger charge is -2.20. The summed E-state index contributed by atoms with van der Waals surface area (Å²) in [4.78, 5) is 22.7. The van der Waals surface area contributed by atoms with E-state index >= 15 is 0 Å². The third-order valence-corrected chi connectivity index (χ3v) is 2.62. The molecule has 0 saturated heterocycles. The summed E-state index contributed by atoms with van der Waals surface area (Å²) in [5.41, 5.74) is 2.46. The molecule has 11 nitrogen and oxygen atoms in total. The summed E-state index contributed by atoms with van der Waals surface area (Å²) in [7, 11) is 5.05. The van der Waals surface area contributed by atoms with Crippen molar-refractivity contribution in [2.24, 2.45) is 25.5 Å². The molecule has 0 saturated carbocycles. The van der Waals surface area contributed by atoms with E-state index in [1.807, 2.05) is 83.1 Å². The molecule has 0 aromatic carbocycles. The highest BCUT2D eigenvalue weighted by atomic mass is 16.7. The molecule has 0 aromatic heterocycles. The van der Waals surface area contributed by atoms with E-state index in [0.29, 0.717) is 17.9 Å². The summed E-state index contributed by atoms with van der Waals surface area (Å²) in [6, 6.07) is 0.877. The standard InChI is InChI=1S/2C9H19N3O.C6H12N2O.2CH4/c2*1-7(2)12-13-8(10-6)11-9(3,4)5;1-5(2)8-9-6(3)7-4;;/h2*1-6H3,(H,10,11);7H,3H2,1-2,4H3;2*1H4. The van der Waals surface area contributed by atoms with Crippen LogP contribution < -0.4 is 16.0 Å². The third-order valence-electron chi connectivity index (χ3n) is 2.62. The predicted octanol–water partition coefficient (Wildman–Crippen LogP) is 5.91. The molecule has 0 aliphatic heterocycles. The Labute approximate surface area is 228 Å². The molecule has 37 heavy (non-hydrogen) atoms. The molecule has 0 radical (unpaired) electrons. The van der Waals surface area contributed by atoms with Gasteiger partial charge in [-0.25, -0.2) is 9.98 Å². The van der Waals surface area contributed by atoms with Crippen LogP contribution in [0.5, 0.6) is 0 Å². The number of oxime groups is 3. The first-order valence-electron chi connectivity index (χ1n) is 11.3. The van der Waals surface area contributed by atoms with Gasteiger partial charge in [0, 0.05) is 32.2 Å². The average molecular weight is 531 g/mol. The lowest BCUT2D eigenvalue weighted by molar-refractivity contribution is 0.210. The van der Waals surface area contributed by atoms with Crippen molar-refractivity contribution < 1.29 is 14.5 Å². The maximum Gasteiger partial charge on any atom is 0.315 e. The molecule has 0 heterocycles. The van der Waals surface area contributed by atoms with Crippen LogP contribution in [0.15, 0.2) is 37.9 Å². The molecule has 220 valence electrons. The van der Waals surface area contributed by atoms with Crippen molar-refractivity contribution in [1.29, 1.82) is 0 Å². The molecule has 3 N–H and O–H groups in total. The van der Waals surface area contributed by atoms with E-state index in [2.05, 4.69) is 48.0 Å². The Balaban J connectivity index is -0.000000137. The minimum absolute atomic E-state index is 0. The largest absolute Gasteiger partial charge is 0.358 e. The molecule has 0 aliphatic rings. The van der Waals surface area contributed by atoms with Gasteiger partial charge in [-0.2, -0.15) is 0 Å². The maximum atomic E-state index is 5.06. The van der Waals surface area contributed by atoms with Gasteiger partial charge in [0.1, 0.15) is 0 Å². The number of amidine groups is 2. The Morgan fingerprint density at radius 3 is 1.05 bits per heavy atom. The minimum Gasteiger partial charge on any atom is -0.358 e. The van der Waals surface area contributed by atoms with Gasteiger partial charge in [-0.05, 0) is 89.7 Å². The first-order chi connectivity index (χ1) is 15.9. The third kappa shape index (κ3) is 40.3. The van der Waals surface area contributed by atoms with Crippen LogP contribution in [-0.2, 0) is 14.5 Å². The van der Waals surface area contributed by atoms with Crippen LogP contribution in [0.3, 0.4) is 0 Å². The van der Waals surface area contributed by atoms with Gasteiger partial charge in [0.2, 0.25) is 5.88 Å². The van der Waals surface area contributed by atoms with Crippen LogP contribution in [0.25, 0.3) is 0 Å². The van der Waals surface area contributed by atoms with Crippen molar-refractivity contribution in [1.82, 2.24) is 16.0 Å². The van der Waals surface area contributed by atoms with Crippen molar-refractivity contribution in [2.45, 2.75) is 109 Å². The predicted molar refractivity (Wildman–Crippen MR) is 164 cm³/mol. The normalized spacial score (nSPS) is 10.6. The van der Waals surface area contributed by atoms with Crippen molar-refractivity contribution in [3.05, 3.63) is 12.5 Å². The van der Waals surface area contributed by atoms with E-state index in [1.165, 1.54) is 0 Å². The molecule has 0 atom stereocenters. The summed E-state index contributed by atoms with van der Waals surface area (Å²) < 4.78 is 0. The molecular formula is C26H58N8O3. The molecule has 0 aromatic rings. The topological polar surface area (TPSA) is 126 Å². The first-order valence-corrected chi connectivity index (χ1v) is 11.3. The number of nitrogens with zero attached hydrogens (tertiary/aromatic N) is 5. The van der Waals surface area contributed by atoms with Gasteiger partial charge in [0.25, 0.3) is 0 Å². The zero-order valence-corrected chi connectivity index (χ0v) is 24.7. The van der Waals surface area contributed by atoms with E-state index in [-0.39, 0.29) is 25.9 Å². The number of nitrogens with one attached hydrogen (secondary N) is 3. The fourth-order valence-corrected chi connectivity index (χ4v) is 1.34. The number of rotatable bonds is 5. The Morgan fingerprint density at radius 2 is 0.865 bits per heavy atom. The van der Waals surface area contributed by atoms with Crippen LogP contribution in [0.1, 0.15) is 97.9 Å². The molecule has 0 fully saturated rings. The molecule has 0 aliphatic carbocycles. The summed E-state index contributed by atoms with van der Waals surface area (Å²) in [5.74, 6) is 0.455. The second-order valence-electron chi connectivity index (χ2n) is 9.87. The second kappa shape index (κ2) is 23.3. The fourth-order valence-electron chi connectivity index (χ4n) is 1.34. The first kappa shape index (κ1) is 43.9. The van der Waals surface area contributed by atoms with Crippen LogP contribution in [0.4, 0.5) is 0 Å². The van der Waals surface area contributed by atoms with Crippen molar-refractivity contribution in [2.75, 3.05) is 21.1 Å². The average Bonchev–Trinajstić information content (AvgIpc) is 2.71. The Hall–Kier alpha value is -3.11. The van der Waals surface area contributed by atoms with Gasteiger partial charge < -0.3 is 30.5 Å². The van der Waals surface area contributed by atoms with Gasteiger partial charge in [-0.3, -0.25) is 0 Å². The van der Waals surface area contributed by atoms with E-state index in [4.69, 9.17) is 14.5 Å². The molecule has 0 rings (SSSR count). The minimum atomic E-state index is -0.0635. The molecular weight excluding hydrogens is 472 g/mol. The Kier molecular flexibility index (Phi) is 27.7. The highest BCUT2D eigenvalue weighted by Crippen LogP contribution is 2.00. The van der Waals surface area contributed by atoms with Crippen LogP contribution >= 0.6 is 0 Å². The number of hydrogen-bond acceptors (Lipinski definition) is 9. The monoisotopic (exact) mass is 530 g/mol. The van der Waals surface area contributed by atoms with Gasteiger partial charge in [0.15, 0.2) is 0 Å². The number of hydrogen-bond donors (Lipinski definition) is 3. The zero-order valence-electron chi connectivity index (χ0n) is 24.7. The smallest absolute Gasteiger partial charge is 0.315 e. The molecule has 0 spiro atoms. The maximum absolute atomic E-state index is 5.06. The molecule has 0 amide bonds. The quantitative estimate of drug-likeness (QED) is 0.176. The highest BCUT2D eigenvalue weighted by Gasteiger charge is 2.13.